The van der Waals surface area contributed by atoms with Crippen LogP contribution in [0.1, 0.15) is 0 Å². The Kier molecular flexibility index (Phi) is 14.8. The molecule has 0 heterocycles. The molecule has 0 bridgehead atoms. The molecule has 0 rings (SSSR count). The molecule has 0 nitrogen and oxygen atoms in total. The Labute approximate surface area is 71.9 Å². The summed E-state index contributed by atoms with van der Waals surface area (Å²) in [4.78, 5) is 0. The summed E-state index contributed by atoms with van der Waals surface area (Å²) in [5.74, 6) is 0. The fourth-order valence-electron chi connectivity index (χ4n) is 0. The zero-order valence-corrected chi connectivity index (χ0v) is 6.60. The Morgan fingerprint density at radius 3 is 1.23 bits per heavy atom. The molecule has 13 heavy (non-hydrogen) atoms. The largest absolute Gasteiger partial charge is 0.416 e. The minimum absolute atomic E-state index is 1.83. The highest BCUT2D eigenvalue weighted by Gasteiger charge is 2.26. The molecule has 0 saturated heterocycles. The van der Waals surface area contributed by atoms with Gasteiger partial charge in [-0.2, -0.15) is 22.0 Å². The molecule has 0 atom stereocenters. The first kappa shape index (κ1) is 17.8. The average molecular weight is 206 g/mol. The van der Waals surface area contributed by atoms with E-state index in [4.69, 9.17) is 0 Å². The topological polar surface area (TPSA) is 0 Å². The van der Waals surface area contributed by atoms with E-state index in [1.165, 1.54) is 0 Å². The Hall–Kier alpha value is -1.16. The average Bonchev–Trinajstić information content (AvgIpc) is 1.86. The lowest BCUT2D eigenvalue weighted by molar-refractivity contribution is -0.142. The van der Waals surface area contributed by atoms with Gasteiger partial charge < -0.3 is 0 Å². The Morgan fingerprint density at radius 1 is 1.15 bits per heavy atom. The maximum Gasteiger partial charge on any atom is 0.416 e. The summed E-state index contributed by atoms with van der Waals surface area (Å²) in [7, 11) is 0. The fourth-order valence-corrected chi connectivity index (χ4v) is 0. The van der Waals surface area contributed by atoms with Gasteiger partial charge in [0.25, 0.3) is 6.08 Å². The van der Waals surface area contributed by atoms with Crippen LogP contribution in [0.4, 0.5) is 26.3 Å². The minimum Gasteiger partial charge on any atom is -0.241 e. The van der Waals surface area contributed by atoms with Crippen LogP contribution in [0, 0.1) is 0 Å². The van der Waals surface area contributed by atoms with E-state index < -0.39 is 18.9 Å². The third-order valence-electron chi connectivity index (χ3n) is 0.152. The van der Waals surface area contributed by atoms with Crippen molar-refractivity contribution in [3.63, 3.8) is 0 Å². The van der Waals surface area contributed by atoms with E-state index in [1.54, 1.807) is 0 Å². The maximum atomic E-state index is 10.4. The Morgan fingerprint density at radius 2 is 1.23 bits per heavy atom. The SMILES string of the molecule is C=C(F)F.C=C=C.FCC(F)(F)F. The van der Waals surface area contributed by atoms with Crippen LogP contribution in [-0.4, -0.2) is 12.9 Å². The van der Waals surface area contributed by atoms with E-state index in [0.717, 1.165) is 0 Å². The summed E-state index contributed by atoms with van der Waals surface area (Å²) in [5.41, 5.74) is 2.25. The van der Waals surface area contributed by atoms with Gasteiger partial charge in [0.05, 0.1) is 0 Å². The molecular weight excluding hydrogens is 198 g/mol. The lowest BCUT2D eigenvalue weighted by Gasteiger charge is -1.93. The molecule has 78 valence electrons. The highest BCUT2D eigenvalue weighted by Crippen LogP contribution is 2.13. The Balaban J connectivity index is -0.000000125. The van der Waals surface area contributed by atoms with Crippen LogP contribution in [0.25, 0.3) is 0 Å². The van der Waals surface area contributed by atoms with Crippen molar-refractivity contribution in [2.75, 3.05) is 6.67 Å². The van der Waals surface area contributed by atoms with Crippen LogP contribution in [0.15, 0.2) is 31.5 Å². The van der Waals surface area contributed by atoms with Crippen LogP contribution in [0.3, 0.4) is 0 Å². The molecule has 0 aromatic carbocycles. The standard InChI is InChI=1S/C3H4.C2H2F4.C2H2F2/c1-3-2;3-1-2(4,5)6;1-2(3)4/h1-2H2;1H2;1H2. The van der Waals surface area contributed by atoms with Crippen LogP contribution < -0.4 is 0 Å². The second-order valence-electron chi connectivity index (χ2n) is 1.34. The van der Waals surface area contributed by atoms with Gasteiger partial charge in [-0.05, 0) is 6.58 Å². The van der Waals surface area contributed by atoms with Gasteiger partial charge in [0, 0.05) is 0 Å². The number of hydrogen-bond donors (Lipinski definition) is 0. The summed E-state index contributed by atoms with van der Waals surface area (Å²) >= 11 is 0. The van der Waals surface area contributed by atoms with Gasteiger partial charge in [-0.25, -0.2) is 4.39 Å². The van der Waals surface area contributed by atoms with Crippen LogP contribution in [0.5, 0.6) is 0 Å². The molecule has 0 radical (unpaired) electrons. The molecule has 0 unspecified atom stereocenters. The van der Waals surface area contributed by atoms with Crippen molar-refractivity contribution in [3.05, 3.63) is 31.5 Å². The predicted octanol–water partition coefficient (Wildman–Crippen LogP) is 3.87. The van der Waals surface area contributed by atoms with Gasteiger partial charge in [0.15, 0.2) is 6.67 Å². The smallest absolute Gasteiger partial charge is 0.241 e. The summed E-state index contributed by atoms with van der Waals surface area (Å²) in [6.45, 7) is 6.24. The van der Waals surface area contributed by atoms with E-state index >= 15 is 0 Å². The number of halogens is 6. The van der Waals surface area contributed by atoms with Crippen molar-refractivity contribution in [2.24, 2.45) is 0 Å². The molecule has 6 heteroatoms. The van der Waals surface area contributed by atoms with Crippen molar-refractivity contribution in [2.45, 2.75) is 6.18 Å². The number of rotatable bonds is 0. The highest BCUT2D eigenvalue weighted by atomic mass is 19.4. The van der Waals surface area contributed by atoms with E-state index in [2.05, 4.69) is 25.5 Å². The predicted molar refractivity (Wildman–Crippen MR) is 38.2 cm³/mol. The van der Waals surface area contributed by atoms with Crippen molar-refractivity contribution in [3.8, 4) is 0 Å². The third-order valence-corrected chi connectivity index (χ3v) is 0.152. The van der Waals surface area contributed by atoms with Crippen LogP contribution >= 0.6 is 0 Å². The van der Waals surface area contributed by atoms with Gasteiger partial charge in [-0.3, -0.25) is 0 Å². The van der Waals surface area contributed by atoms with E-state index in [9.17, 15) is 26.3 Å². The lowest BCUT2D eigenvalue weighted by atomic mass is 10.8. The molecule has 0 aliphatic heterocycles. The van der Waals surface area contributed by atoms with Gasteiger partial charge in [-0.1, -0.05) is 13.2 Å². The van der Waals surface area contributed by atoms with Crippen LogP contribution in [-0.2, 0) is 0 Å². The second kappa shape index (κ2) is 10.8. The van der Waals surface area contributed by atoms with Gasteiger partial charge >= 0.3 is 6.18 Å². The van der Waals surface area contributed by atoms with Gasteiger partial charge in [0.1, 0.15) is 0 Å². The molecule has 0 N–H and O–H groups in total. The molecule has 0 aromatic rings. The van der Waals surface area contributed by atoms with Crippen molar-refractivity contribution < 1.29 is 26.3 Å². The first-order valence-electron chi connectivity index (χ1n) is 2.63. The molecule has 0 fully saturated rings. The molecule has 0 aliphatic rings. The lowest BCUT2D eigenvalue weighted by Crippen LogP contribution is -2.08. The van der Waals surface area contributed by atoms with Crippen LogP contribution in [0.2, 0.25) is 0 Å². The quantitative estimate of drug-likeness (QED) is 0.417. The van der Waals surface area contributed by atoms with E-state index in [1.807, 2.05) is 0 Å². The Bertz CT molecular complexity index is 147. The summed E-state index contributed by atoms with van der Waals surface area (Å²) < 4.78 is 61.9. The molecule has 0 spiro atoms. The zero-order valence-electron chi connectivity index (χ0n) is 6.60. The molecule has 0 saturated carbocycles. The molecular formula is C7H8F6. The van der Waals surface area contributed by atoms with E-state index in [0.29, 0.717) is 0 Å². The first-order chi connectivity index (χ1) is 5.71. The summed E-state index contributed by atoms with van der Waals surface area (Å²) in [5, 5.41) is 0. The molecule has 0 aliphatic carbocycles. The van der Waals surface area contributed by atoms with Crippen molar-refractivity contribution in [1.29, 1.82) is 0 Å². The van der Waals surface area contributed by atoms with E-state index in [-0.39, 0.29) is 0 Å². The van der Waals surface area contributed by atoms with Crippen molar-refractivity contribution >= 4 is 0 Å². The summed E-state index contributed by atoms with van der Waals surface area (Å²) in [6, 6.07) is 0. The normalized spacial score (nSPS) is 8.15. The summed E-state index contributed by atoms with van der Waals surface area (Å²) in [6.07, 6.45) is -6.46. The third kappa shape index (κ3) is 250. The fraction of sp³-hybridized carbons (Fsp3) is 0.286. The number of alkyl halides is 4. The number of hydrogen-bond acceptors (Lipinski definition) is 0. The molecule has 0 amide bonds. The van der Waals surface area contributed by atoms with Crippen molar-refractivity contribution in [1.82, 2.24) is 0 Å². The highest BCUT2D eigenvalue weighted by molar-refractivity contribution is 4.57. The van der Waals surface area contributed by atoms with Gasteiger partial charge in [-0.15, -0.1) is 5.73 Å². The van der Waals surface area contributed by atoms with Gasteiger partial charge in [0.2, 0.25) is 0 Å². The molecule has 0 aromatic heterocycles. The first-order valence-corrected chi connectivity index (χ1v) is 2.63. The second-order valence-corrected chi connectivity index (χ2v) is 1.34. The minimum atomic E-state index is -4.62. The zero-order chi connectivity index (χ0) is 11.5. The monoisotopic (exact) mass is 206 g/mol. The maximum absolute atomic E-state index is 10.4.